The Balaban J connectivity index is 2.68. The highest BCUT2D eigenvalue weighted by atomic mass is 16.6. The first-order valence-corrected chi connectivity index (χ1v) is 5.48. The minimum Gasteiger partial charge on any atom is -0.478 e. The number of carbonyl (C=O) groups excluding carboxylic acids is 1. The molecule has 1 aromatic heterocycles. The van der Waals surface area contributed by atoms with E-state index in [0.29, 0.717) is 6.42 Å². The number of carboxylic acids is 1. The Hall–Kier alpha value is -1.91. The Kier molecular flexibility index (Phi) is 5.13. The molecule has 92 valence electrons. The number of carbonyl (C=O) groups is 2. The molecule has 0 aliphatic carbocycles. The second-order valence-corrected chi connectivity index (χ2v) is 3.57. The molecule has 17 heavy (non-hydrogen) atoms. The number of esters is 1. The highest BCUT2D eigenvalue weighted by molar-refractivity contribution is 5.78. The van der Waals surface area contributed by atoms with Crippen molar-refractivity contribution in [2.75, 3.05) is 0 Å². The molecule has 1 atom stereocenters. The number of hydrogen-bond donors (Lipinski definition) is 1. The van der Waals surface area contributed by atoms with Crippen molar-refractivity contribution in [3.8, 4) is 0 Å². The van der Waals surface area contributed by atoms with Crippen molar-refractivity contribution in [1.29, 1.82) is 0 Å². The largest absolute Gasteiger partial charge is 0.478 e. The van der Waals surface area contributed by atoms with Crippen LogP contribution in [0.4, 0.5) is 0 Å². The third-order valence-corrected chi connectivity index (χ3v) is 2.16. The molecular weight excluding hydrogens is 222 g/mol. The van der Waals surface area contributed by atoms with Crippen LogP contribution in [-0.4, -0.2) is 22.0 Å². The monoisotopic (exact) mass is 237 g/mol. The number of aromatic nitrogens is 1. The van der Waals surface area contributed by atoms with Crippen molar-refractivity contribution in [2.45, 2.75) is 32.3 Å². The van der Waals surface area contributed by atoms with Gasteiger partial charge in [0, 0.05) is 12.6 Å². The van der Waals surface area contributed by atoms with E-state index in [1.165, 1.54) is 12.3 Å². The second-order valence-electron chi connectivity index (χ2n) is 3.57. The molecule has 0 aromatic carbocycles. The molecule has 1 N–H and O–H groups in total. The van der Waals surface area contributed by atoms with Crippen LogP contribution >= 0.6 is 0 Å². The first-order valence-electron chi connectivity index (χ1n) is 5.48. The van der Waals surface area contributed by atoms with E-state index in [0.717, 1.165) is 6.42 Å². The van der Waals surface area contributed by atoms with Crippen LogP contribution in [0.1, 0.15) is 38.0 Å². The number of aliphatic carboxylic acids is 1. The normalized spacial score (nSPS) is 11.8. The molecular formula is C12H15NO4. The van der Waals surface area contributed by atoms with Crippen molar-refractivity contribution < 1.29 is 19.4 Å². The molecule has 0 aliphatic rings. The lowest BCUT2D eigenvalue weighted by Crippen LogP contribution is -2.20. The van der Waals surface area contributed by atoms with Crippen LogP contribution in [0.25, 0.3) is 0 Å². The van der Waals surface area contributed by atoms with Gasteiger partial charge in [0.1, 0.15) is 0 Å². The lowest BCUT2D eigenvalue weighted by molar-refractivity contribution is -0.165. The number of hydrogen-bond acceptors (Lipinski definition) is 4. The lowest BCUT2D eigenvalue weighted by Gasteiger charge is -2.12. The van der Waals surface area contributed by atoms with Crippen LogP contribution in [0.2, 0.25) is 0 Å². The molecule has 5 heteroatoms. The van der Waals surface area contributed by atoms with Crippen molar-refractivity contribution in [3.63, 3.8) is 0 Å². The molecule has 0 saturated carbocycles. The molecule has 5 nitrogen and oxygen atoms in total. The zero-order chi connectivity index (χ0) is 12.7. The summed E-state index contributed by atoms with van der Waals surface area (Å²) in [7, 11) is 0. The summed E-state index contributed by atoms with van der Waals surface area (Å²) < 4.78 is 4.90. The Morgan fingerprint density at radius 1 is 1.47 bits per heavy atom. The Morgan fingerprint density at radius 2 is 2.24 bits per heavy atom. The van der Waals surface area contributed by atoms with E-state index in [2.05, 4.69) is 4.98 Å². The van der Waals surface area contributed by atoms with Crippen LogP contribution in [0.15, 0.2) is 24.4 Å². The second kappa shape index (κ2) is 6.62. The van der Waals surface area contributed by atoms with Crippen LogP contribution in [0, 0.1) is 0 Å². The van der Waals surface area contributed by atoms with Gasteiger partial charge in [-0.1, -0.05) is 19.4 Å². The first kappa shape index (κ1) is 13.2. The summed E-state index contributed by atoms with van der Waals surface area (Å²) in [4.78, 5) is 26.2. The number of nitrogens with zero attached hydrogens (tertiary/aromatic N) is 1. The van der Waals surface area contributed by atoms with Crippen LogP contribution < -0.4 is 0 Å². The van der Waals surface area contributed by atoms with Gasteiger partial charge >= 0.3 is 11.9 Å². The summed E-state index contributed by atoms with van der Waals surface area (Å²) in [6.07, 6.45) is 1.92. The molecule has 1 rings (SSSR count). The molecule has 0 bridgehead atoms. The molecule has 0 fully saturated rings. The molecule has 1 heterocycles. The maximum absolute atomic E-state index is 11.4. The number of unbranched alkanes of at least 4 members (excludes halogenated alkanes) is 1. The molecule has 1 unspecified atom stereocenters. The smallest absolute Gasteiger partial charge is 0.351 e. The highest BCUT2D eigenvalue weighted by Crippen LogP contribution is 2.16. The first-order chi connectivity index (χ1) is 8.15. The van der Waals surface area contributed by atoms with Crippen molar-refractivity contribution in [3.05, 3.63) is 30.1 Å². The van der Waals surface area contributed by atoms with Gasteiger partial charge in [-0.05, 0) is 18.6 Å². The van der Waals surface area contributed by atoms with E-state index in [1.807, 2.05) is 6.92 Å². The summed E-state index contributed by atoms with van der Waals surface area (Å²) in [5.41, 5.74) is 0.227. The zero-order valence-electron chi connectivity index (χ0n) is 9.63. The quantitative estimate of drug-likeness (QED) is 0.765. The molecule has 0 aliphatic heterocycles. The van der Waals surface area contributed by atoms with Crippen LogP contribution in [0.5, 0.6) is 0 Å². The number of rotatable bonds is 6. The van der Waals surface area contributed by atoms with E-state index in [-0.39, 0.29) is 12.1 Å². The molecule has 0 spiro atoms. The number of carboxylic acid groups (broad SMARTS) is 1. The predicted octanol–water partition coefficient (Wildman–Crippen LogP) is 1.94. The van der Waals surface area contributed by atoms with Crippen LogP contribution in [0.3, 0.4) is 0 Å². The van der Waals surface area contributed by atoms with Gasteiger partial charge in [-0.15, -0.1) is 0 Å². The minimum absolute atomic E-state index is 0.227. The highest BCUT2D eigenvalue weighted by Gasteiger charge is 2.25. The third-order valence-electron chi connectivity index (χ3n) is 2.16. The summed E-state index contributed by atoms with van der Waals surface area (Å²) in [6.45, 7) is 1.95. The predicted molar refractivity (Wildman–Crippen MR) is 60.2 cm³/mol. The topological polar surface area (TPSA) is 76.5 Å². The summed E-state index contributed by atoms with van der Waals surface area (Å²) in [5, 5.41) is 8.98. The molecule has 1 aromatic rings. The summed E-state index contributed by atoms with van der Waals surface area (Å²) in [6, 6.07) is 4.84. The van der Waals surface area contributed by atoms with Gasteiger partial charge in [-0.3, -0.25) is 9.78 Å². The Bertz CT molecular complexity index is 377. The van der Waals surface area contributed by atoms with Gasteiger partial charge in [0.15, 0.2) is 0 Å². The van der Waals surface area contributed by atoms with Gasteiger partial charge in [-0.25, -0.2) is 4.79 Å². The summed E-state index contributed by atoms with van der Waals surface area (Å²) in [5.74, 6) is -1.72. The summed E-state index contributed by atoms with van der Waals surface area (Å²) >= 11 is 0. The van der Waals surface area contributed by atoms with E-state index < -0.39 is 18.0 Å². The van der Waals surface area contributed by atoms with Gasteiger partial charge in [0.25, 0.3) is 0 Å². The zero-order valence-corrected chi connectivity index (χ0v) is 9.63. The maximum atomic E-state index is 11.4. The molecule has 0 radical (unpaired) electrons. The van der Waals surface area contributed by atoms with E-state index >= 15 is 0 Å². The Labute approximate surface area is 99.4 Å². The average Bonchev–Trinajstić information content (AvgIpc) is 2.34. The lowest BCUT2D eigenvalue weighted by atomic mass is 10.2. The van der Waals surface area contributed by atoms with E-state index in [4.69, 9.17) is 9.84 Å². The Morgan fingerprint density at radius 3 is 2.76 bits per heavy atom. The van der Waals surface area contributed by atoms with Gasteiger partial charge in [0.05, 0.1) is 5.69 Å². The fourth-order valence-corrected chi connectivity index (χ4v) is 1.28. The van der Waals surface area contributed by atoms with E-state index in [9.17, 15) is 9.59 Å². The van der Waals surface area contributed by atoms with Crippen LogP contribution in [-0.2, 0) is 14.3 Å². The van der Waals surface area contributed by atoms with Crippen molar-refractivity contribution >= 4 is 11.9 Å². The average molecular weight is 237 g/mol. The van der Waals surface area contributed by atoms with Gasteiger partial charge in [0.2, 0.25) is 6.10 Å². The van der Waals surface area contributed by atoms with E-state index in [1.54, 1.807) is 12.1 Å². The fourth-order valence-electron chi connectivity index (χ4n) is 1.28. The number of pyridine rings is 1. The molecule has 0 amide bonds. The fraction of sp³-hybridized carbons (Fsp3) is 0.417. The van der Waals surface area contributed by atoms with Crippen molar-refractivity contribution in [1.82, 2.24) is 4.98 Å². The van der Waals surface area contributed by atoms with Gasteiger partial charge < -0.3 is 9.84 Å². The van der Waals surface area contributed by atoms with Gasteiger partial charge in [-0.2, -0.15) is 0 Å². The molecule has 0 saturated heterocycles. The third kappa shape index (κ3) is 4.22. The minimum atomic E-state index is -1.32. The van der Waals surface area contributed by atoms with Crippen molar-refractivity contribution in [2.24, 2.45) is 0 Å². The maximum Gasteiger partial charge on any atom is 0.351 e. The SMILES string of the molecule is CCCCC(=O)OC(C(=O)O)c1ccccn1. The number of ether oxygens (including phenoxy) is 1. The standard InChI is InChI=1S/C12H15NO4/c1-2-3-7-10(14)17-11(12(15)16)9-6-4-5-8-13-9/h4-6,8,11H,2-3,7H2,1H3,(H,15,16).